The van der Waals surface area contributed by atoms with Crippen molar-refractivity contribution in [2.45, 2.75) is 76.6 Å². The van der Waals surface area contributed by atoms with Gasteiger partial charge in [0.15, 0.2) is 11.5 Å². The molecule has 2 fully saturated rings. The molecule has 4 rings (SSSR count). The molecule has 6 nitrogen and oxygen atoms in total. The van der Waals surface area contributed by atoms with Gasteiger partial charge in [-0.3, -0.25) is 4.90 Å². The summed E-state index contributed by atoms with van der Waals surface area (Å²) >= 11 is 6.72. The van der Waals surface area contributed by atoms with Crippen LogP contribution in [0.3, 0.4) is 0 Å². The van der Waals surface area contributed by atoms with Gasteiger partial charge in [-0.25, -0.2) is 0 Å². The predicted octanol–water partition coefficient (Wildman–Crippen LogP) is 3.65. The minimum absolute atomic E-state index is 0.146. The van der Waals surface area contributed by atoms with E-state index in [2.05, 4.69) is 25.7 Å². The van der Waals surface area contributed by atoms with Crippen molar-refractivity contribution in [1.29, 1.82) is 0 Å². The first-order valence-electron chi connectivity index (χ1n) is 10.5. The van der Waals surface area contributed by atoms with Crippen molar-refractivity contribution in [3.8, 4) is 11.5 Å². The molecular formula is C22H32ClNO5. The van der Waals surface area contributed by atoms with E-state index in [1.165, 1.54) is 0 Å². The van der Waals surface area contributed by atoms with Crippen LogP contribution in [0.2, 0.25) is 5.02 Å². The van der Waals surface area contributed by atoms with Crippen molar-refractivity contribution in [3.05, 3.63) is 22.2 Å². The van der Waals surface area contributed by atoms with E-state index in [1.807, 2.05) is 6.07 Å². The first kappa shape index (κ1) is 21.2. The highest BCUT2D eigenvalue weighted by molar-refractivity contribution is 6.33. The lowest BCUT2D eigenvalue weighted by Gasteiger charge is -2.45. The molecule has 7 heteroatoms. The van der Waals surface area contributed by atoms with E-state index < -0.39 is 5.97 Å². The second-order valence-electron chi connectivity index (χ2n) is 9.51. The zero-order valence-electron chi connectivity index (χ0n) is 17.7. The first-order chi connectivity index (χ1) is 13.6. The minimum Gasteiger partial charge on any atom is -0.493 e. The summed E-state index contributed by atoms with van der Waals surface area (Å²) in [7, 11) is 1.55. The van der Waals surface area contributed by atoms with Crippen molar-refractivity contribution in [2.24, 2.45) is 5.92 Å². The molecule has 2 atom stereocenters. The molecule has 29 heavy (non-hydrogen) atoms. The Morgan fingerprint density at radius 2 is 1.86 bits per heavy atom. The molecule has 0 radical (unpaired) electrons. The lowest BCUT2D eigenvalue weighted by Crippen LogP contribution is -2.47. The molecule has 3 aliphatic rings. The average Bonchev–Trinajstić information content (AvgIpc) is 3.47. The molecule has 2 unspecified atom stereocenters. The van der Waals surface area contributed by atoms with Crippen molar-refractivity contribution in [2.75, 3.05) is 20.2 Å². The Labute approximate surface area is 177 Å². The summed E-state index contributed by atoms with van der Waals surface area (Å²) in [5.74, 6) is -1.83. The van der Waals surface area contributed by atoms with Crippen LogP contribution in [0.25, 0.3) is 0 Å². The van der Waals surface area contributed by atoms with Crippen LogP contribution in [-0.2, 0) is 11.2 Å². The molecule has 2 aliphatic heterocycles. The highest BCUT2D eigenvalue weighted by Crippen LogP contribution is 2.49. The fraction of sp³-hybridized carbons (Fsp3) is 0.727. The van der Waals surface area contributed by atoms with Gasteiger partial charge < -0.3 is 24.4 Å². The normalized spacial score (nSPS) is 25.3. The van der Waals surface area contributed by atoms with Gasteiger partial charge in [-0.05, 0) is 70.1 Å². The lowest BCUT2D eigenvalue weighted by atomic mass is 9.85. The number of piperidine rings is 1. The molecule has 1 saturated carbocycles. The molecule has 0 amide bonds. The quantitative estimate of drug-likeness (QED) is 0.701. The zero-order valence-corrected chi connectivity index (χ0v) is 18.5. The van der Waals surface area contributed by atoms with Crippen LogP contribution >= 0.6 is 11.6 Å². The van der Waals surface area contributed by atoms with E-state index in [-0.39, 0.29) is 29.4 Å². The number of nitrogens with zero attached hydrogens (tertiary/aromatic N) is 1. The Bertz CT molecular complexity index is 771. The number of hydrogen-bond donors (Lipinski definition) is 2. The van der Waals surface area contributed by atoms with Crippen LogP contribution in [0.1, 0.15) is 63.6 Å². The SMILES string of the molecule is COc1cc2c(c(Cl)c1OC(O)(O)C1CC1)CCN1CC(OC(C)(C)C)CCC21. The van der Waals surface area contributed by atoms with Gasteiger partial charge in [0.2, 0.25) is 0 Å². The van der Waals surface area contributed by atoms with E-state index in [0.29, 0.717) is 10.8 Å². The Kier molecular flexibility index (Phi) is 5.53. The highest BCUT2D eigenvalue weighted by atomic mass is 35.5. The topological polar surface area (TPSA) is 71.4 Å². The van der Waals surface area contributed by atoms with E-state index in [1.54, 1.807) is 7.11 Å². The third kappa shape index (κ3) is 4.37. The summed E-state index contributed by atoms with van der Waals surface area (Å²) < 4.78 is 17.3. The number of methoxy groups -OCH3 is 1. The molecule has 2 N–H and O–H groups in total. The minimum atomic E-state index is -2.21. The third-order valence-electron chi connectivity index (χ3n) is 6.07. The maximum absolute atomic E-state index is 10.3. The van der Waals surface area contributed by atoms with Crippen molar-refractivity contribution >= 4 is 11.6 Å². The predicted molar refractivity (Wildman–Crippen MR) is 110 cm³/mol. The number of benzene rings is 1. The maximum atomic E-state index is 10.3. The summed E-state index contributed by atoms with van der Waals surface area (Å²) in [4.78, 5) is 2.46. The standard InChI is InChI=1S/C22H32ClNO5/c1-21(2,3)28-14-7-8-17-16-11-18(27-4)20(29-22(25,26)13-5-6-13)19(23)15(16)9-10-24(17)12-14/h11,13-14,17,25-26H,5-10,12H2,1-4H3. The van der Waals surface area contributed by atoms with Crippen LogP contribution in [-0.4, -0.2) is 53.0 Å². The molecular weight excluding hydrogens is 394 g/mol. The van der Waals surface area contributed by atoms with Gasteiger partial charge in [-0.15, -0.1) is 0 Å². The Balaban J connectivity index is 1.60. The number of fused-ring (bicyclic) bond motifs is 3. The Morgan fingerprint density at radius 1 is 1.14 bits per heavy atom. The molecule has 162 valence electrons. The summed E-state index contributed by atoms with van der Waals surface area (Å²) in [6.07, 6.45) is 4.45. The summed E-state index contributed by atoms with van der Waals surface area (Å²) in [6, 6.07) is 2.22. The monoisotopic (exact) mass is 425 g/mol. The van der Waals surface area contributed by atoms with E-state index >= 15 is 0 Å². The van der Waals surface area contributed by atoms with Gasteiger partial charge in [-0.1, -0.05) is 11.6 Å². The molecule has 1 aromatic rings. The van der Waals surface area contributed by atoms with E-state index in [0.717, 1.165) is 56.3 Å². The second kappa shape index (κ2) is 7.57. The molecule has 0 spiro atoms. The molecule has 1 aromatic carbocycles. The Hall–Kier alpha value is -1.05. The smallest absolute Gasteiger partial charge is 0.325 e. The number of rotatable bonds is 5. The zero-order chi connectivity index (χ0) is 21.0. The number of ether oxygens (including phenoxy) is 3. The van der Waals surface area contributed by atoms with Gasteiger partial charge in [0.05, 0.1) is 29.8 Å². The first-order valence-corrected chi connectivity index (χ1v) is 10.9. The summed E-state index contributed by atoms with van der Waals surface area (Å²) in [5, 5.41) is 21.0. The van der Waals surface area contributed by atoms with Gasteiger partial charge in [-0.2, -0.15) is 0 Å². The Morgan fingerprint density at radius 3 is 2.48 bits per heavy atom. The number of hydrogen-bond acceptors (Lipinski definition) is 6. The van der Waals surface area contributed by atoms with Gasteiger partial charge in [0.25, 0.3) is 0 Å². The summed E-state index contributed by atoms with van der Waals surface area (Å²) in [5.41, 5.74) is 2.02. The van der Waals surface area contributed by atoms with Crippen LogP contribution < -0.4 is 9.47 Å². The van der Waals surface area contributed by atoms with Crippen LogP contribution in [0.5, 0.6) is 11.5 Å². The summed E-state index contributed by atoms with van der Waals surface area (Å²) in [6.45, 7) is 8.08. The number of aliphatic hydroxyl groups is 2. The fourth-order valence-electron chi connectivity index (χ4n) is 4.61. The number of halogens is 1. The lowest BCUT2D eigenvalue weighted by molar-refractivity contribution is -0.305. The van der Waals surface area contributed by atoms with E-state index in [9.17, 15) is 10.2 Å². The van der Waals surface area contributed by atoms with Crippen LogP contribution in [0.15, 0.2) is 6.07 Å². The maximum Gasteiger partial charge on any atom is 0.325 e. The molecule has 0 aromatic heterocycles. The molecule has 1 aliphatic carbocycles. The largest absolute Gasteiger partial charge is 0.493 e. The van der Waals surface area contributed by atoms with Crippen molar-refractivity contribution in [3.63, 3.8) is 0 Å². The van der Waals surface area contributed by atoms with Crippen LogP contribution in [0, 0.1) is 5.92 Å². The fourth-order valence-corrected chi connectivity index (χ4v) is 4.95. The molecule has 2 heterocycles. The van der Waals surface area contributed by atoms with Gasteiger partial charge in [0, 0.05) is 19.1 Å². The average molecular weight is 426 g/mol. The third-order valence-corrected chi connectivity index (χ3v) is 6.47. The second-order valence-corrected chi connectivity index (χ2v) is 9.89. The van der Waals surface area contributed by atoms with Crippen molar-refractivity contribution in [1.82, 2.24) is 4.90 Å². The van der Waals surface area contributed by atoms with Crippen LogP contribution in [0.4, 0.5) is 0 Å². The van der Waals surface area contributed by atoms with Gasteiger partial charge in [0.1, 0.15) is 0 Å². The molecule has 1 saturated heterocycles. The van der Waals surface area contributed by atoms with E-state index in [4.69, 9.17) is 25.8 Å². The highest BCUT2D eigenvalue weighted by Gasteiger charge is 2.46. The molecule has 0 bridgehead atoms. The van der Waals surface area contributed by atoms with Gasteiger partial charge >= 0.3 is 5.97 Å². The van der Waals surface area contributed by atoms with Crippen molar-refractivity contribution < 1.29 is 24.4 Å².